The Morgan fingerprint density at radius 3 is 2.21 bits per heavy atom. The molecule has 16 heteroatoms. The van der Waals surface area contributed by atoms with Crippen LogP contribution < -0.4 is 69.2 Å². The van der Waals surface area contributed by atoms with Crippen LogP contribution in [0.25, 0.3) is 0 Å². The molecule has 174 valence electrons. The Kier molecular flexibility index (Phi) is 13.4. The molecule has 0 bridgehead atoms. The number of sulfonamides is 1. The molecular weight excluding hydrogens is 530 g/mol. The van der Waals surface area contributed by atoms with Crippen molar-refractivity contribution < 1.29 is 90.4 Å². The number of benzene rings is 2. The smallest absolute Gasteiger partial charge is 0.748 e. The van der Waals surface area contributed by atoms with Crippen LogP contribution in [0.3, 0.4) is 0 Å². The van der Waals surface area contributed by atoms with Gasteiger partial charge in [0, 0.05) is 31.2 Å². The number of nitrogens with zero attached hydrogens (tertiary/aromatic N) is 4. The summed E-state index contributed by atoms with van der Waals surface area (Å²) in [5, 5.41) is 21.3. The van der Waals surface area contributed by atoms with Crippen LogP contribution in [-0.2, 0) is 20.1 Å². The molecule has 0 radical (unpaired) electrons. The monoisotopic (exact) mass is 548 g/mol. The van der Waals surface area contributed by atoms with Crippen molar-refractivity contribution in [3.05, 3.63) is 52.5 Å². The van der Waals surface area contributed by atoms with Gasteiger partial charge in [-0.05, 0) is 48.9 Å². The van der Waals surface area contributed by atoms with Gasteiger partial charge in [0.2, 0.25) is 10.0 Å². The van der Waals surface area contributed by atoms with Gasteiger partial charge in [0.05, 0.1) is 38.1 Å². The molecule has 0 aliphatic rings. The number of hydrogen-bond donors (Lipinski definition) is 0. The molecule has 0 atom stereocenters. The van der Waals surface area contributed by atoms with E-state index in [0.717, 1.165) is 29.8 Å². The largest absolute Gasteiger partial charge is 1.00 e. The molecule has 0 heterocycles. The Labute approximate surface area is 247 Å². The molecule has 0 N–H and O–H groups in total. The third-order valence-corrected chi connectivity index (χ3v) is 7.12. The third kappa shape index (κ3) is 9.13. The van der Waals surface area contributed by atoms with Gasteiger partial charge in [-0.25, -0.2) is 21.8 Å². The SMILES string of the molecule is Cc1cc(Cl)ccc1N=NN(C)c1ccc(S(=O)(=O)N(C)CCS(=O)(=O)[O-])cc1C(=O)[O-].[Na+].[Na+]. The number of aromatic carboxylic acids is 1. The summed E-state index contributed by atoms with van der Waals surface area (Å²) >= 11 is 5.89. The quantitative estimate of drug-likeness (QED) is 0.131. The van der Waals surface area contributed by atoms with Crippen molar-refractivity contribution in [1.29, 1.82) is 0 Å². The fourth-order valence-corrected chi connectivity index (χ4v) is 4.59. The summed E-state index contributed by atoms with van der Waals surface area (Å²) in [6.45, 7) is 1.17. The number of carbonyl (C=O) groups excluding carboxylic acids is 1. The maximum absolute atomic E-state index is 12.6. The molecule has 0 aliphatic carbocycles. The first-order chi connectivity index (χ1) is 14.7. The van der Waals surface area contributed by atoms with E-state index in [9.17, 15) is 31.3 Å². The zero-order valence-electron chi connectivity index (χ0n) is 19.2. The second-order valence-electron chi connectivity index (χ2n) is 6.70. The molecule has 0 spiro atoms. The normalized spacial score (nSPS) is 11.7. The van der Waals surface area contributed by atoms with Gasteiger partial charge < -0.3 is 14.5 Å². The van der Waals surface area contributed by atoms with E-state index in [1.165, 1.54) is 13.1 Å². The number of anilines is 1. The predicted molar refractivity (Wildman–Crippen MR) is 114 cm³/mol. The van der Waals surface area contributed by atoms with Crippen LogP contribution in [0.1, 0.15) is 15.9 Å². The van der Waals surface area contributed by atoms with Gasteiger partial charge in [0.25, 0.3) is 0 Å². The van der Waals surface area contributed by atoms with Crippen LogP contribution in [-0.4, -0.2) is 58.1 Å². The molecule has 0 amide bonds. The van der Waals surface area contributed by atoms with Gasteiger partial charge in [0.1, 0.15) is 0 Å². The number of aryl methyl sites for hydroxylation is 1. The minimum atomic E-state index is -4.63. The van der Waals surface area contributed by atoms with Crippen molar-refractivity contribution in [2.24, 2.45) is 10.3 Å². The van der Waals surface area contributed by atoms with Crippen molar-refractivity contribution >= 4 is 49.1 Å². The summed E-state index contributed by atoms with van der Waals surface area (Å²) < 4.78 is 58.2. The first-order valence-corrected chi connectivity index (χ1v) is 12.3. The van der Waals surface area contributed by atoms with Crippen molar-refractivity contribution in [2.45, 2.75) is 11.8 Å². The summed E-state index contributed by atoms with van der Waals surface area (Å²) in [6.07, 6.45) is 0. The fraction of sp³-hybridized carbons (Fsp3) is 0.278. The Morgan fingerprint density at radius 1 is 1.06 bits per heavy atom. The zero-order chi connectivity index (χ0) is 24.3. The van der Waals surface area contributed by atoms with E-state index in [4.69, 9.17) is 11.6 Å². The number of rotatable bonds is 9. The van der Waals surface area contributed by atoms with E-state index in [-0.39, 0.29) is 64.8 Å². The second kappa shape index (κ2) is 13.7. The molecule has 0 fully saturated rings. The van der Waals surface area contributed by atoms with E-state index in [2.05, 4.69) is 10.3 Å². The maximum atomic E-state index is 12.6. The zero-order valence-corrected chi connectivity index (χ0v) is 25.6. The average molecular weight is 549 g/mol. The van der Waals surface area contributed by atoms with E-state index in [0.29, 0.717) is 15.0 Å². The molecule has 0 saturated heterocycles. The van der Waals surface area contributed by atoms with Crippen molar-refractivity contribution in [2.75, 3.05) is 31.4 Å². The Bertz CT molecular complexity index is 1280. The van der Waals surface area contributed by atoms with E-state index >= 15 is 0 Å². The standard InChI is InChI=1S/C18H21ClN4O7S2.2Na/c1-12-10-13(19)4-6-16(12)20-21-23(3)17-7-5-14(11-15(17)18(24)25)32(29,30)22(2)8-9-31(26,27)28;;/h4-7,10-11H,8-9H2,1-3H3,(H,24,25)(H,26,27,28);;/q;2*+1/p-2. The van der Waals surface area contributed by atoms with Crippen molar-refractivity contribution in [3.8, 4) is 0 Å². The molecule has 2 aromatic rings. The van der Waals surface area contributed by atoms with Crippen LogP contribution in [0.5, 0.6) is 0 Å². The molecule has 0 aromatic heterocycles. The molecule has 34 heavy (non-hydrogen) atoms. The summed E-state index contributed by atoms with van der Waals surface area (Å²) in [4.78, 5) is 11.2. The van der Waals surface area contributed by atoms with Crippen LogP contribution in [0.15, 0.2) is 51.6 Å². The van der Waals surface area contributed by atoms with Crippen LogP contribution in [0, 0.1) is 6.92 Å². The third-order valence-electron chi connectivity index (χ3n) is 4.35. The summed E-state index contributed by atoms with van der Waals surface area (Å²) in [5.74, 6) is -2.59. The van der Waals surface area contributed by atoms with Gasteiger partial charge in [-0.1, -0.05) is 16.8 Å². The topological polar surface area (TPSA) is 163 Å². The number of halogens is 1. The fourth-order valence-electron chi connectivity index (χ4n) is 2.56. The summed E-state index contributed by atoms with van der Waals surface area (Å²) in [5.41, 5.74) is 0.749. The molecule has 2 aromatic carbocycles. The van der Waals surface area contributed by atoms with Gasteiger partial charge in [-0.3, -0.25) is 0 Å². The number of carboxylic acid groups (broad SMARTS) is 1. The maximum Gasteiger partial charge on any atom is 1.00 e. The second-order valence-corrected chi connectivity index (χ2v) is 10.7. The first-order valence-electron chi connectivity index (χ1n) is 8.89. The summed E-state index contributed by atoms with van der Waals surface area (Å²) in [6, 6.07) is 8.10. The van der Waals surface area contributed by atoms with Crippen LogP contribution >= 0.6 is 11.6 Å². The van der Waals surface area contributed by atoms with E-state index < -0.39 is 48.9 Å². The Hall–Kier alpha value is -0.580. The Morgan fingerprint density at radius 2 is 1.68 bits per heavy atom. The minimum Gasteiger partial charge on any atom is -0.748 e. The van der Waals surface area contributed by atoms with Gasteiger partial charge >= 0.3 is 59.1 Å². The number of carbonyl (C=O) groups is 1. The number of hydrogen-bond acceptors (Lipinski definition) is 9. The molecule has 0 unspecified atom stereocenters. The molecule has 2 rings (SSSR count). The molecule has 0 aliphatic heterocycles. The van der Waals surface area contributed by atoms with Gasteiger partial charge in [-0.15, -0.1) is 5.11 Å². The minimum absolute atomic E-state index is 0. The van der Waals surface area contributed by atoms with E-state index in [1.54, 1.807) is 25.1 Å². The summed E-state index contributed by atoms with van der Waals surface area (Å²) in [7, 11) is -6.42. The van der Waals surface area contributed by atoms with Gasteiger partial charge in [0.15, 0.2) is 0 Å². The van der Waals surface area contributed by atoms with Crippen LogP contribution in [0.4, 0.5) is 11.4 Å². The van der Waals surface area contributed by atoms with Crippen molar-refractivity contribution in [1.82, 2.24) is 4.31 Å². The molecule has 0 saturated carbocycles. The van der Waals surface area contributed by atoms with Crippen LogP contribution in [0.2, 0.25) is 5.02 Å². The van der Waals surface area contributed by atoms with Crippen molar-refractivity contribution in [3.63, 3.8) is 0 Å². The Balaban J connectivity index is 0.00000544. The number of carboxylic acids is 1. The first kappa shape index (κ1) is 33.4. The molecular formula is C18H19ClN4Na2O7S2. The van der Waals surface area contributed by atoms with E-state index in [1.807, 2.05) is 0 Å². The average Bonchev–Trinajstić information content (AvgIpc) is 2.69. The predicted octanol–water partition coefficient (Wildman–Crippen LogP) is -4.68. The van der Waals surface area contributed by atoms with Gasteiger partial charge in [-0.2, -0.15) is 4.31 Å². The molecule has 11 nitrogen and oxygen atoms in total.